The third kappa shape index (κ3) is 2.14. The average molecular weight is 286 g/mol. The largest absolute Gasteiger partial charge is 0.0621 e. The zero-order chi connectivity index (χ0) is 15.1. The van der Waals surface area contributed by atoms with Crippen molar-refractivity contribution in [3.63, 3.8) is 0 Å². The van der Waals surface area contributed by atoms with Gasteiger partial charge >= 0.3 is 0 Å². The van der Waals surface area contributed by atoms with Crippen molar-refractivity contribution in [3.05, 3.63) is 81.9 Å². The van der Waals surface area contributed by atoms with Crippen LogP contribution in [0, 0.1) is 0 Å². The minimum absolute atomic E-state index is 0.584. The molecule has 110 valence electrons. The van der Waals surface area contributed by atoms with Crippen LogP contribution >= 0.6 is 0 Å². The van der Waals surface area contributed by atoms with Gasteiger partial charge in [0.1, 0.15) is 0 Å². The summed E-state index contributed by atoms with van der Waals surface area (Å²) < 4.78 is 0. The van der Waals surface area contributed by atoms with Crippen molar-refractivity contribution < 1.29 is 0 Å². The summed E-state index contributed by atoms with van der Waals surface area (Å²) in [6.07, 6.45) is 5.95. The smallest absolute Gasteiger partial charge is 0.00291 e. The second-order valence-electron chi connectivity index (χ2n) is 6.63. The number of hydrogen-bond donors (Lipinski definition) is 0. The highest BCUT2D eigenvalue weighted by molar-refractivity contribution is 5.75. The highest BCUT2D eigenvalue weighted by atomic mass is 14.3. The molecule has 2 aromatic rings. The molecule has 0 nitrogen and oxygen atoms in total. The Bertz CT molecular complexity index is 789. The van der Waals surface area contributed by atoms with Crippen LogP contribution in [-0.2, 0) is 6.42 Å². The Morgan fingerprint density at radius 3 is 2.55 bits per heavy atom. The third-order valence-corrected chi connectivity index (χ3v) is 5.43. The summed E-state index contributed by atoms with van der Waals surface area (Å²) in [6, 6.07) is 17.7. The predicted octanol–water partition coefficient (Wildman–Crippen LogP) is 6.00. The molecule has 0 spiro atoms. The molecule has 0 amide bonds. The van der Waals surface area contributed by atoms with E-state index in [-0.39, 0.29) is 0 Å². The van der Waals surface area contributed by atoms with Crippen molar-refractivity contribution in [2.45, 2.75) is 39.0 Å². The van der Waals surface area contributed by atoms with Gasteiger partial charge in [-0.2, -0.15) is 0 Å². The van der Waals surface area contributed by atoms with Gasteiger partial charge in [-0.25, -0.2) is 0 Å². The lowest BCUT2D eigenvalue weighted by atomic mass is 9.93. The number of fused-ring (bicyclic) bond motifs is 2. The zero-order valence-electron chi connectivity index (χ0n) is 13.4. The standard InChI is InChI=1S/C22H22/c1-15-17(13-19-7-3-5-9-21(15)19)11-12-18-14-20-8-4-6-10-22(20)16(18)2/h3-10,13,15H,11-12,14H2,1-2H3. The highest BCUT2D eigenvalue weighted by Gasteiger charge is 2.22. The van der Waals surface area contributed by atoms with E-state index in [9.17, 15) is 0 Å². The van der Waals surface area contributed by atoms with E-state index in [1.54, 1.807) is 11.1 Å². The van der Waals surface area contributed by atoms with Crippen molar-refractivity contribution >= 4 is 11.6 Å². The lowest BCUT2D eigenvalue weighted by Gasteiger charge is -2.12. The summed E-state index contributed by atoms with van der Waals surface area (Å²) in [7, 11) is 0. The monoisotopic (exact) mass is 286 g/mol. The van der Waals surface area contributed by atoms with Gasteiger partial charge in [-0.15, -0.1) is 0 Å². The maximum atomic E-state index is 2.41. The molecule has 2 aliphatic carbocycles. The Kier molecular flexibility index (Phi) is 3.26. The van der Waals surface area contributed by atoms with Crippen molar-refractivity contribution in [2.75, 3.05) is 0 Å². The van der Waals surface area contributed by atoms with Gasteiger partial charge in [0, 0.05) is 5.92 Å². The summed E-state index contributed by atoms with van der Waals surface area (Å²) in [4.78, 5) is 0. The van der Waals surface area contributed by atoms with E-state index in [0.29, 0.717) is 5.92 Å². The van der Waals surface area contributed by atoms with Crippen LogP contribution in [0.15, 0.2) is 59.7 Å². The molecule has 2 aliphatic rings. The maximum absolute atomic E-state index is 2.41. The van der Waals surface area contributed by atoms with Gasteiger partial charge < -0.3 is 0 Å². The van der Waals surface area contributed by atoms with Crippen LogP contribution in [0.5, 0.6) is 0 Å². The van der Waals surface area contributed by atoms with Gasteiger partial charge in [0.05, 0.1) is 0 Å². The molecular formula is C22H22. The molecule has 0 N–H and O–H groups in total. The first-order valence-electron chi connectivity index (χ1n) is 8.30. The van der Waals surface area contributed by atoms with E-state index in [4.69, 9.17) is 0 Å². The Balaban J connectivity index is 1.51. The molecule has 0 radical (unpaired) electrons. The SMILES string of the molecule is CC1=C(CCC2=Cc3ccccc3C2C)Cc2ccccc21. The Morgan fingerprint density at radius 1 is 0.955 bits per heavy atom. The predicted molar refractivity (Wildman–Crippen MR) is 94.8 cm³/mol. The first kappa shape index (κ1) is 13.6. The van der Waals surface area contributed by atoms with Crippen LogP contribution in [0.2, 0.25) is 0 Å². The average Bonchev–Trinajstić information content (AvgIpc) is 3.04. The fraction of sp³-hybridized carbons (Fsp3) is 0.273. The minimum Gasteiger partial charge on any atom is -0.0621 e. The normalized spacial score (nSPS) is 19.2. The molecule has 0 bridgehead atoms. The van der Waals surface area contributed by atoms with E-state index in [1.807, 2.05) is 0 Å². The van der Waals surface area contributed by atoms with Crippen LogP contribution in [0.4, 0.5) is 0 Å². The number of allylic oxidation sites excluding steroid dienone is 3. The molecule has 0 saturated heterocycles. The van der Waals surface area contributed by atoms with Crippen molar-refractivity contribution in [1.29, 1.82) is 0 Å². The molecule has 0 saturated carbocycles. The molecule has 0 fully saturated rings. The van der Waals surface area contributed by atoms with Crippen LogP contribution in [0.25, 0.3) is 11.6 Å². The van der Waals surface area contributed by atoms with E-state index in [2.05, 4.69) is 68.5 Å². The van der Waals surface area contributed by atoms with E-state index < -0.39 is 0 Å². The Morgan fingerprint density at radius 2 is 1.73 bits per heavy atom. The van der Waals surface area contributed by atoms with Crippen LogP contribution < -0.4 is 0 Å². The Hall–Kier alpha value is -2.08. The highest BCUT2D eigenvalue weighted by Crippen LogP contribution is 2.40. The summed E-state index contributed by atoms with van der Waals surface area (Å²) in [5.41, 5.74) is 10.6. The third-order valence-electron chi connectivity index (χ3n) is 5.43. The summed E-state index contributed by atoms with van der Waals surface area (Å²) in [5.74, 6) is 0.584. The van der Waals surface area contributed by atoms with Crippen LogP contribution in [0.3, 0.4) is 0 Å². The molecule has 2 aromatic carbocycles. The van der Waals surface area contributed by atoms with Gasteiger partial charge in [0.15, 0.2) is 0 Å². The van der Waals surface area contributed by atoms with Crippen LogP contribution in [0.1, 0.15) is 54.9 Å². The number of benzene rings is 2. The van der Waals surface area contributed by atoms with Crippen LogP contribution in [-0.4, -0.2) is 0 Å². The van der Waals surface area contributed by atoms with Crippen molar-refractivity contribution in [2.24, 2.45) is 0 Å². The molecule has 4 rings (SSSR count). The fourth-order valence-corrected chi connectivity index (χ4v) is 4.01. The maximum Gasteiger partial charge on any atom is 0.00291 e. The fourth-order valence-electron chi connectivity index (χ4n) is 4.01. The summed E-state index contributed by atoms with van der Waals surface area (Å²) in [6.45, 7) is 4.64. The summed E-state index contributed by atoms with van der Waals surface area (Å²) in [5, 5.41) is 0. The first-order valence-corrected chi connectivity index (χ1v) is 8.30. The van der Waals surface area contributed by atoms with Gasteiger partial charge in [0.25, 0.3) is 0 Å². The van der Waals surface area contributed by atoms with Gasteiger partial charge in [-0.05, 0) is 54.0 Å². The lowest BCUT2D eigenvalue weighted by molar-refractivity contribution is 0.806. The molecule has 1 atom stereocenters. The van der Waals surface area contributed by atoms with Crippen molar-refractivity contribution in [3.8, 4) is 0 Å². The molecule has 0 heterocycles. The first-order chi connectivity index (χ1) is 10.7. The van der Waals surface area contributed by atoms with Gasteiger partial charge in [-0.3, -0.25) is 0 Å². The lowest BCUT2D eigenvalue weighted by Crippen LogP contribution is -1.95. The number of hydrogen-bond acceptors (Lipinski definition) is 0. The van der Waals surface area contributed by atoms with E-state index >= 15 is 0 Å². The summed E-state index contributed by atoms with van der Waals surface area (Å²) >= 11 is 0. The molecule has 0 aliphatic heterocycles. The number of rotatable bonds is 3. The minimum atomic E-state index is 0.584. The van der Waals surface area contributed by atoms with Gasteiger partial charge in [0.2, 0.25) is 0 Å². The Labute approximate surface area is 133 Å². The molecule has 22 heavy (non-hydrogen) atoms. The quantitative estimate of drug-likeness (QED) is 0.649. The molecule has 0 heteroatoms. The van der Waals surface area contributed by atoms with Gasteiger partial charge in [-0.1, -0.05) is 72.7 Å². The van der Waals surface area contributed by atoms with Crippen molar-refractivity contribution in [1.82, 2.24) is 0 Å². The van der Waals surface area contributed by atoms with E-state index in [0.717, 1.165) is 6.42 Å². The molecular weight excluding hydrogens is 264 g/mol. The topological polar surface area (TPSA) is 0 Å². The second kappa shape index (κ2) is 5.28. The molecule has 1 unspecified atom stereocenters. The van der Waals surface area contributed by atoms with E-state index in [1.165, 1.54) is 40.7 Å². The second-order valence-corrected chi connectivity index (χ2v) is 6.63. The zero-order valence-corrected chi connectivity index (χ0v) is 13.4. The molecule has 0 aromatic heterocycles.